The lowest BCUT2D eigenvalue weighted by Gasteiger charge is -2.35. The molecule has 3 amide bonds. The number of piperazine rings is 1. The fourth-order valence-corrected chi connectivity index (χ4v) is 3.85. The Balaban J connectivity index is 0.00000210. The average Bonchev–Trinajstić information content (AvgIpc) is 2.89. The van der Waals surface area contributed by atoms with Crippen molar-refractivity contribution >= 4 is 41.6 Å². The second-order valence-electron chi connectivity index (χ2n) is 6.84. The smallest absolute Gasteiger partial charge is 0.309 e. The van der Waals surface area contributed by atoms with E-state index in [-0.39, 0.29) is 24.3 Å². The Bertz CT molecular complexity index is 860. The number of halogens is 2. The van der Waals surface area contributed by atoms with E-state index in [1.807, 2.05) is 31.2 Å². The minimum atomic E-state index is -0.448. The first-order chi connectivity index (χ1) is 12.5. The van der Waals surface area contributed by atoms with E-state index in [0.717, 1.165) is 18.7 Å². The number of amides is 3. The van der Waals surface area contributed by atoms with Gasteiger partial charge in [-0.05, 0) is 30.2 Å². The molecule has 142 valence electrons. The average molecular weight is 406 g/mol. The summed E-state index contributed by atoms with van der Waals surface area (Å²) in [6.45, 7) is 4.53. The van der Waals surface area contributed by atoms with Crippen LogP contribution in [-0.4, -0.2) is 47.4 Å². The first-order valence-electron chi connectivity index (χ1n) is 8.71. The van der Waals surface area contributed by atoms with Crippen molar-refractivity contribution in [3.63, 3.8) is 0 Å². The van der Waals surface area contributed by atoms with Gasteiger partial charge in [0.2, 0.25) is 0 Å². The number of nitrogens with zero attached hydrogens (tertiary/aromatic N) is 3. The molecule has 2 heterocycles. The van der Waals surface area contributed by atoms with Crippen molar-refractivity contribution in [3.8, 4) is 0 Å². The van der Waals surface area contributed by atoms with Gasteiger partial charge in [-0.15, -0.1) is 12.4 Å². The predicted molar refractivity (Wildman–Crippen MR) is 109 cm³/mol. The van der Waals surface area contributed by atoms with Crippen molar-refractivity contribution in [1.82, 2.24) is 9.80 Å². The standard InChI is InChI=1S/C20H20ClN3O2.ClH/c1-14-7-8-16(21)17(11-14)24-19(25)18-13-22(9-10-23(18)20(24)26)12-15-5-3-2-4-6-15;/h2-8,11,18H,9-10,12-13H2,1H3;1H. The molecule has 0 N–H and O–H groups in total. The molecule has 5 nitrogen and oxygen atoms in total. The highest BCUT2D eigenvalue weighted by molar-refractivity contribution is 6.36. The quantitative estimate of drug-likeness (QED) is 0.730. The van der Waals surface area contributed by atoms with Crippen LogP contribution in [0.4, 0.5) is 10.5 Å². The normalized spacial score (nSPS) is 19.9. The Morgan fingerprint density at radius 2 is 1.81 bits per heavy atom. The van der Waals surface area contributed by atoms with Gasteiger partial charge in [-0.2, -0.15) is 0 Å². The highest BCUT2D eigenvalue weighted by atomic mass is 35.5. The largest absolute Gasteiger partial charge is 0.332 e. The third kappa shape index (κ3) is 3.68. The molecule has 1 unspecified atom stereocenters. The number of benzene rings is 2. The van der Waals surface area contributed by atoms with Gasteiger partial charge in [0.15, 0.2) is 0 Å². The van der Waals surface area contributed by atoms with E-state index in [9.17, 15) is 9.59 Å². The molecule has 2 saturated heterocycles. The summed E-state index contributed by atoms with van der Waals surface area (Å²) in [5.41, 5.74) is 2.64. The molecule has 2 fully saturated rings. The van der Waals surface area contributed by atoms with Gasteiger partial charge in [0.25, 0.3) is 5.91 Å². The van der Waals surface area contributed by atoms with Crippen molar-refractivity contribution in [2.24, 2.45) is 0 Å². The maximum absolute atomic E-state index is 13.0. The number of urea groups is 1. The number of hydrogen-bond acceptors (Lipinski definition) is 3. The molecule has 0 bridgehead atoms. The third-order valence-corrected chi connectivity index (χ3v) is 5.32. The first kappa shape index (κ1) is 19.7. The monoisotopic (exact) mass is 405 g/mol. The zero-order chi connectivity index (χ0) is 18.3. The van der Waals surface area contributed by atoms with E-state index in [1.165, 1.54) is 10.5 Å². The number of carbonyl (C=O) groups excluding carboxylic acids is 2. The number of anilines is 1. The van der Waals surface area contributed by atoms with Gasteiger partial charge in [-0.3, -0.25) is 9.69 Å². The van der Waals surface area contributed by atoms with Crippen LogP contribution in [0.3, 0.4) is 0 Å². The molecule has 0 aromatic heterocycles. The summed E-state index contributed by atoms with van der Waals surface area (Å²) < 4.78 is 0. The van der Waals surface area contributed by atoms with E-state index in [2.05, 4.69) is 17.0 Å². The first-order valence-corrected chi connectivity index (χ1v) is 9.09. The lowest BCUT2D eigenvalue weighted by Crippen LogP contribution is -2.52. The molecule has 2 aliphatic rings. The zero-order valence-electron chi connectivity index (χ0n) is 15.0. The van der Waals surface area contributed by atoms with Gasteiger partial charge >= 0.3 is 6.03 Å². The van der Waals surface area contributed by atoms with Gasteiger partial charge in [0.1, 0.15) is 6.04 Å². The van der Waals surface area contributed by atoms with E-state index in [4.69, 9.17) is 11.6 Å². The zero-order valence-corrected chi connectivity index (χ0v) is 16.5. The summed E-state index contributed by atoms with van der Waals surface area (Å²) in [7, 11) is 0. The van der Waals surface area contributed by atoms with Crippen LogP contribution in [0.15, 0.2) is 48.5 Å². The summed E-state index contributed by atoms with van der Waals surface area (Å²) in [4.78, 5) is 31.0. The molecule has 0 radical (unpaired) electrons. The fraction of sp³-hybridized carbons (Fsp3) is 0.300. The van der Waals surface area contributed by atoms with Crippen molar-refractivity contribution in [1.29, 1.82) is 0 Å². The lowest BCUT2D eigenvalue weighted by molar-refractivity contribution is -0.121. The Morgan fingerprint density at radius 1 is 1.07 bits per heavy atom. The van der Waals surface area contributed by atoms with Gasteiger partial charge in [-0.25, -0.2) is 9.69 Å². The maximum Gasteiger partial charge on any atom is 0.332 e. The van der Waals surface area contributed by atoms with Crippen molar-refractivity contribution < 1.29 is 9.59 Å². The SMILES string of the molecule is Cc1ccc(Cl)c(N2C(=O)C3CN(Cc4ccccc4)CCN3C2=O)c1.Cl. The minimum Gasteiger partial charge on any atom is -0.309 e. The fourth-order valence-electron chi connectivity index (χ4n) is 3.65. The number of fused-ring (bicyclic) bond motifs is 1. The van der Waals surface area contributed by atoms with Crippen molar-refractivity contribution in [2.75, 3.05) is 24.5 Å². The van der Waals surface area contributed by atoms with Gasteiger partial charge in [0, 0.05) is 26.2 Å². The minimum absolute atomic E-state index is 0. The van der Waals surface area contributed by atoms with Crippen LogP contribution < -0.4 is 4.90 Å². The molecule has 4 rings (SSSR count). The van der Waals surface area contributed by atoms with Crippen LogP contribution in [0.2, 0.25) is 5.02 Å². The lowest BCUT2D eigenvalue weighted by atomic mass is 10.1. The molecular formula is C20H21Cl2N3O2. The van der Waals surface area contributed by atoms with E-state index in [0.29, 0.717) is 23.8 Å². The number of rotatable bonds is 3. The molecule has 2 aliphatic heterocycles. The van der Waals surface area contributed by atoms with Gasteiger partial charge < -0.3 is 4.90 Å². The van der Waals surface area contributed by atoms with Crippen LogP contribution in [0.1, 0.15) is 11.1 Å². The van der Waals surface area contributed by atoms with Crippen LogP contribution in [0.25, 0.3) is 0 Å². The summed E-state index contributed by atoms with van der Waals surface area (Å²) in [6.07, 6.45) is 0. The predicted octanol–water partition coefficient (Wildman–Crippen LogP) is 3.72. The molecule has 0 spiro atoms. The van der Waals surface area contributed by atoms with Crippen LogP contribution in [0.5, 0.6) is 0 Å². The number of carbonyl (C=O) groups is 2. The summed E-state index contributed by atoms with van der Waals surface area (Å²) >= 11 is 6.27. The van der Waals surface area contributed by atoms with E-state index >= 15 is 0 Å². The van der Waals surface area contributed by atoms with Crippen molar-refractivity contribution in [3.05, 3.63) is 64.7 Å². The van der Waals surface area contributed by atoms with E-state index < -0.39 is 6.04 Å². The van der Waals surface area contributed by atoms with Crippen molar-refractivity contribution in [2.45, 2.75) is 19.5 Å². The molecule has 0 aliphatic carbocycles. The molecule has 2 aromatic carbocycles. The van der Waals surface area contributed by atoms with E-state index in [1.54, 1.807) is 17.0 Å². The Kier molecular flexibility index (Phi) is 5.75. The molecule has 0 saturated carbocycles. The Hall–Kier alpha value is -2.08. The second kappa shape index (κ2) is 7.89. The number of aryl methyl sites for hydroxylation is 1. The topological polar surface area (TPSA) is 43.9 Å². The maximum atomic E-state index is 13.0. The summed E-state index contributed by atoms with van der Waals surface area (Å²) in [5.74, 6) is -0.194. The highest BCUT2D eigenvalue weighted by Gasteiger charge is 2.48. The molecular weight excluding hydrogens is 385 g/mol. The molecule has 1 atom stereocenters. The second-order valence-corrected chi connectivity index (χ2v) is 7.25. The summed E-state index contributed by atoms with van der Waals surface area (Å²) in [5, 5.41) is 0.415. The molecule has 2 aromatic rings. The van der Waals surface area contributed by atoms with Crippen LogP contribution in [-0.2, 0) is 11.3 Å². The number of hydrogen-bond donors (Lipinski definition) is 0. The Morgan fingerprint density at radius 3 is 2.56 bits per heavy atom. The number of imide groups is 1. The Labute approximate surface area is 169 Å². The van der Waals surface area contributed by atoms with Gasteiger partial charge in [0.05, 0.1) is 10.7 Å². The van der Waals surface area contributed by atoms with Gasteiger partial charge in [-0.1, -0.05) is 48.0 Å². The summed E-state index contributed by atoms with van der Waals surface area (Å²) in [6, 6.07) is 14.8. The van der Waals surface area contributed by atoms with Crippen LogP contribution in [0, 0.1) is 6.92 Å². The molecule has 27 heavy (non-hydrogen) atoms. The molecule has 7 heteroatoms. The highest BCUT2D eigenvalue weighted by Crippen LogP contribution is 2.33. The van der Waals surface area contributed by atoms with Crippen LogP contribution >= 0.6 is 24.0 Å². The third-order valence-electron chi connectivity index (χ3n) is 5.00.